The van der Waals surface area contributed by atoms with E-state index in [0.29, 0.717) is 0 Å². The molecule has 0 aliphatic rings. The van der Waals surface area contributed by atoms with E-state index in [1.54, 1.807) is 14.2 Å². The highest BCUT2D eigenvalue weighted by Crippen LogP contribution is 2.31. The number of hydrogen-bond acceptors (Lipinski definition) is 3. The van der Waals surface area contributed by atoms with Crippen molar-refractivity contribution in [1.29, 1.82) is 0 Å². The predicted molar refractivity (Wildman–Crippen MR) is 76.9 cm³/mol. The molecule has 1 unspecified atom stereocenters. The van der Waals surface area contributed by atoms with Crippen molar-refractivity contribution in [3.8, 4) is 11.5 Å². The highest BCUT2D eigenvalue weighted by Gasteiger charge is 2.14. The van der Waals surface area contributed by atoms with Gasteiger partial charge < -0.3 is 14.8 Å². The smallest absolute Gasteiger partial charge is 0.161 e. The number of methoxy groups -OCH3 is 2. The molecule has 0 saturated heterocycles. The first-order valence-corrected chi connectivity index (χ1v) is 6.24. The molecule has 0 bridgehead atoms. The van der Waals surface area contributed by atoms with Gasteiger partial charge in [0.1, 0.15) is 0 Å². The van der Waals surface area contributed by atoms with Crippen LogP contribution < -0.4 is 14.8 Å². The monoisotopic (exact) mass is 257 g/mol. The second-order valence-electron chi connectivity index (χ2n) is 4.25. The van der Waals surface area contributed by atoms with Gasteiger partial charge in [0.05, 0.1) is 20.3 Å². The number of benzene rings is 2. The third-order valence-electron chi connectivity index (χ3n) is 3.16. The molecule has 0 fully saturated rings. The Kier molecular flexibility index (Phi) is 4.42. The van der Waals surface area contributed by atoms with Crippen LogP contribution in [0.4, 0.5) is 0 Å². The van der Waals surface area contributed by atoms with E-state index >= 15 is 0 Å². The van der Waals surface area contributed by atoms with Gasteiger partial charge in [0.2, 0.25) is 0 Å². The van der Waals surface area contributed by atoms with Crippen molar-refractivity contribution >= 4 is 0 Å². The summed E-state index contributed by atoms with van der Waals surface area (Å²) in [7, 11) is 5.25. The Hall–Kier alpha value is -2.00. The van der Waals surface area contributed by atoms with Gasteiger partial charge in [-0.15, -0.1) is 0 Å². The lowest BCUT2D eigenvalue weighted by Gasteiger charge is -2.18. The standard InChI is InChI=1S/C16H19NO2/c1-17-16(12-7-5-4-6-8-12)13-9-10-14(18-2)15(11-13)19-3/h4-11,16-17H,1-3H3. The largest absolute Gasteiger partial charge is 0.493 e. The minimum atomic E-state index is 0.140. The predicted octanol–water partition coefficient (Wildman–Crippen LogP) is 3.01. The summed E-state index contributed by atoms with van der Waals surface area (Å²) in [4.78, 5) is 0. The highest BCUT2D eigenvalue weighted by atomic mass is 16.5. The van der Waals surface area contributed by atoms with Crippen molar-refractivity contribution < 1.29 is 9.47 Å². The maximum absolute atomic E-state index is 5.35. The Morgan fingerprint density at radius 1 is 0.842 bits per heavy atom. The first-order chi connectivity index (χ1) is 9.30. The van der Waals surface area contributed by atoms with Crippen LogP contribution in [0.15, 0.2) is 48.5 Å². The van der Waals surface area contributed by atoms with E-state index in [-0.39, 0.29) is 6.04 Å². The molecule has 2 rings (SSSR count). The maximum Gasteiger partial charge on any atom is 0.161 e. The van der Waals surface area contributed by atoms with Gasteiger partial charge in [-0.3, -0.25) is 0 Å². The first kappa shape index (κ1) is 13.4. The maximum atomic E-state index is 5.35. The topological polar surface area (TPSA) is 30.5 Å². The molecule has 0 heterocycles. The highest BCUT2D eigenvalue weighted by molar-refractivity contribution is 5.45. The van der Waals surface area contributed by atoms with E-state index in [0.717, 1.165) is 17.1 Å². The summed E-state index contributed by atoms with van der Waals surface area (Å²) < 4.78 is 10.6. The molecular formula is C16H19NO2. The molecule has 0 aliphatic heterocycles. The minimum Gasteiger partial charge on any atom is -0.493 e. The van der Waals surface area contributed by atoms with Crippen LogP contribution in [-0.4, -0.2) is 21.3 Å². The zero-order valence-electron chi connectivity index (χ0n) is 11.5. The molecule has 0 amide bonds. The van der Waals surface area contributed by atoms with Crippen LogP contribution in [0.3, 0.4) is 0 Å². The first-order valence-electron chi connectivity index (χ1n) is 6.24. The van der Waals surface area contributed by atoms with Crippen LogP contribution in [-0.2, 0) is 0 Å². The molecule has 0 radical (unpaired) electrons. The van der Waals surface area contributed by atoms with Crippen LogP contribution in [0.5, 0.6) is 11.5 Å². The summed E-state index contributed by atoms with van der Waals surface area (Å²) in [6.07, 6.45) is 0. The zero-order chi connectivity index (χ0) is 13.7. The fraction of sp³-hybridized carbons (Fsp3) is 0.250. The van der Waals surface area contributed by atoms with Crippen molar-refractivity contribution in [1.82, 2.24) is 5.32 Å². The van der Waals surface area contributed by atoms with Gasteiger partial charge in [0.15, 0.2) is 11.5 Å². The Bertz CT molecular complexity index is 526. The van der Waals surface area contributed by atoms with Crippen LogP contribution in [0, 0.1) is 0 Å². The molecule has 100 valence electrons. The summed E-state index contributed by atoms with van der Waals surface area (Å²) in [6, 6.07) is 16.5. The second-order valence-corrected chi connectivity index (χ2v) is 4.25. The average Bonchev–Trinajstić information content (AvgIpc) is 2.49. The number of ether oxygens (including phenoxy) is 2. The van der Waals surface area contributed by atoms with Crippen LogP contribution in [0.25, 0.3) is 0 Å². The van der Waals surface area contributed by atoms with Gasteiger partial charge in [-0.05, 0) is 30.3 Å². The number of nitrogens with one attached hydrogen (secondary N) is 1. The fourth-order valence-electron chi connectivity index (χ4n) is 2.20. The van der Waals surface area contributed by atoms with Gasteiger partial charge in [-0.2, -0.15) is 0 Å². The summed E-state index contributed by atoms with van der Waals surface area (Å²) >= 11 is 0. The zero-order valence-corrected chi connectivity index (χ0v) is 11.5. The van der Waals surface area contributed by atoms with Gasteiger partial charge in [0, 0.05) is 0 Å². The molecule has 0 spiro atoms. The summed E-state index contributed by atoms with van der Waals surface area (Å²) in [5, 5.41) is 3.33. The molecule has 0 aromatic heterocycles. The SMILES string of the molecule is CNC(c1ccccc1)c1ccc(OC)c(OC)c1. The Balaban J connectivity index is 2.39. The van der Waals surface area contributed by atoms with Gasteiger partial charge in [-0.1, -0.05) is 36.4 Å². The molecule has 2 aromatic carbocycles. The van der Waals surface area contributed by atoms with Gasteiger partial charge in [-0.25, -0.2) is 0 Å². The van der Waals surface area contributed by atoms with Crippen molar-refractivity contribution in [2.24, 2.45) is 0 Å². The van der Waals surface area contributed by atoms with Crippen molar-refractivity contribution in [2.45, 2.75) is 6.04 Å². The van der Waals surface area contributed by atoms with E-state index in [1.807, 2.05) is 37.4 Å². The quantitative estimate of drug-likeness (QED) is 0.893. The Morgan fingerprint density at radius 2 is 1.53 bits per heavy atom. The number of rotatable bonds is 5. The van der Waals surface area contributed by atoms with Crippen LogP contribution in [0.1, 0.15) is 17.2 Å². The molecule has 3 nitrogen and oxygen atoms in total. The molecular weight excluding hydrogens is 238 g/mol. The summed E-state index contributed by atoms with van der Waals surface area (Å²) in [5.41, 5.74) is 2.36. The average molecular weight is 257 g/mol. The molecule has 1 atom stereocenters. The van der Waals surface area contributed by atoms with Crippen LogP contribution in [0.2, 0.25) is 0 Å². The van der Waals surface area contributed by atoms with Gasteiger partial charge in [0.25, 0.3) is 0 Å². The van der Waals surface area contributed by atoms with Gasteiger partial charge >= 0.3 is 0 Å². The van der Waals surface area contributed by atoms with E-state index < -0.39 is 0 Å². The lowest BCUT2D eigenvalue weighted by Crippen LogP contribution is -2.17. The van der Waals surface area contributed by atoms with Crippen LogP contribution >= 0.6 is 0 Å². The molecule has 0 aliphatic carbocycles. The molecule has 2 aromatic rings. The molecule has 0 saturated carbocycles. The summed E-state index contributed by atoms with van der Waals surface area (Å²) in [5.74, 6) is 1.49. The van der Waals surface area contributed by atoms with Crippen molar-refractivity contribution in [3.05, 3.63) is 59.7 Å². The Morgan fingerprint density at radius 3 is 2.11 bits per heavy atom. The minimum absolute atomic E-state index is 0.140. The molecule has 3 heteroatoms. The second kappa shape index (κ2) is 6.25. The van der Waals surface area contributed by atoms with Crippen molar-refractivity contribution in [2.75, 3.05) is 21.3 Å². The van der Waals surface area contributed by atoms with Crippen molar-refractivity contribution in [3.63, 3.8) is 0 Å². The van der Waals surface area contributed by atoms with E-state index in [2.05, 4.69) is 23.5 Å². The molecule has 19 heavy (non-hydrogen) atoms. The number of hydrogen-bond donors (Lipinski definition) is 1. The van der Waals surface area contributed by atoms with E-state index in [4.69, 9.17) is 9.47 Å². The lowest BCUT2D eigenvalue weighted by molar-refractivity contribution is 0.354. The van der Waals surface area contributed by atoms with E-state index in [9.17, 15) is 0 Å². The third kappa shape index (κ3) is 2.88. The Labute approximate surface area is 114 Å². The summed E-state index contributed by atoms with van der Waals surface area (Å²) in [6.45, 7) is 0. The molecule has 1 N–H and O–H groups in total. The van der Waals surface area contributed by atoms with E-state index in [1.165, 1.54) is 5.56 Å². The normalized spacial score (nSPS) is 11.9. The third-order valence-corrected chi connectivity index (χ3v) is 3.16. The fourth-order valence-corrected chi connectivity index (χ4v) is 2.20. The lowest BCUT2D eigenvalue weighted by atomic mass is 9.98.